The zero-order chi connectivity index (χ0) is 16.0. The first kappa shape index (κ1) is 17.4. The maximum absolute atomic E-state index is 11.3. The molecule has 1 fully saturated rings. The van der Waals surface area contributed by atoms with Gasteiger partial charge in [-0.25, -0.2) is 8.42 Å². The number of hydrogen-bond acceptors (Lipinski definition) is 4. The van der Waals surface area contributed by atoms with E-state index in [2.05, 4.69) is 47.1 Å². The average Bonchev–Trinajstić information content (AvgIpc) is 2.61. The van der Waals surface area contributed by atoms with Crippen LogP contribution in [0.2, 0.25) is 0 Å². The number of nitrogens with zero attached hydrogens (tertiary/aromatic N) is 2. The average molecular weight is 324 g/mol. The van der Waals surface area contributed by atoms with Crippen molar-refractivity contribution in [2.24, 2.45) is 0 Å². The number of rotatable bonds is 6. The first-order valence-electron chi connectivity index (χ1n) is 8.12. The molecule has 0 unspecified atom stereocenters. The Kier molecular flexibility index (Phi) is 6.41. The molecule has 0 aliphatic carbocycles. The number of benzene rings is 1. The summed E-state index contributed by atoms with van der Waals surface area (Å²) in [4.78, 5) is 4.95. The van der Waals surface area contributed by atoms with Crippen LogP contribution in [0.15, 0.2) is 30.3 Å². The Balaban J connectivity index is 1.83. The maximum atomic E-state index is 11.3. The van der Waals surface area contributed by atoms with Crippen molar-refractivity contribution in [2.75, 3.05) is 38.2 Å². The predicted molar refractivity (Wildman–Crippen MR) is 91.7 cm³/mol. The topological polar surface area (TPSA) is 40.6 Å². The van der Waals surface area contributed by atoms with Gasteiger partial charge in [-0.05, 0) is 45.0 Å². The highest BCUT2D eigenvalue weighted by Crippen LogP contribution is 2.13. The fourth-order valence-electron chi connectivity index (χ4n) is 3.15. The quantitative estimate of drug-likeness (QED) is 0.803. The standard InChI is InChI=1S/C17H28N2O2S/c1-16-14-18(15-17-8-4-3-5-9-17)10-6-11-19(16)12-7-13-22(2,20)21/h3-5,8-9,16H,6-7,10-15H2,1-2H3/t16-/m0/s1. The van der Waals surface area contributed by atoms with Crippen LogP contribution < -0.4 is 0 Å². The predicted octanol–water partition coefficient (Wildman–Crippen LogP) is 2.02. The van der Waals surface area contributed by atoms with Gasteiger partial charge in [-0.2, -0.15) is 0 Å². The zero-order valence-corrected chi connectivity index (χ0v) is 14.6. The highest BCUT2D eigenvalue weighted by Gasteiger charge is 2.21. The lowest BCUT2D eigenvalue weighted by Crippen LogP contribution is -2.39. The summed E-state index contributed by atoms with van der Waals surface area (Å²) in [5.74, 6) is 0.296. The molecule has 1 aliphatic rings. The highest BCUT2D eigenvalue weighted by molar-refractivity contribution is 7.90. The van der Waals surface area contributed by atoms with Gasteiger partial charge in [0.25, 0.3) is 0 Å². The van der Waals surface area contributed by atoms with Crippen molar-refractivity contribution in [3.8, 4) is 0 Å². The van der Waals surface area contributed by atoms with E-state index in [1.165, 1.54) is 11.8 Å². The van der Waals surface area contributed by atoms with E-state index >= 15 is 0 Å². The second kappa shape index (κ2) is 8.09. The first-order valence-corrected chi connectivity index (χ1v) is 10.2. The minimum Gasteiger partial charge on any atom is -0.299 e. The molecule has 1 aromatic rings. The fourth-order valence-corrected chi connectivity index (χ4v) is 3.80. The van der Waals surface area contributed by atoms with Gasteiger partial charge in [0.05, 0.1) is 5.75 Å². The number of hydrogen-bond donors (Lipinski definition) is 0. The SMILES string of the molecule is C[C@H]1CN(Cc2ccccc2)CCCN1CCCS(C)(=O)=O. The van der Waals surface area contributed by atoms with Crippen molar-refractivity contribution in [1.82, 2.24) is 9.80 Å². The summed E-state index contributed by atoms with van der Waals surface area (Å²) in [5.41, 5.74) is 1.36. The van der Waals surface area contributed by atoms with Crippen LogP contribution in [0, 0.1) is 0 Å². The third kappa shape index (κ3) is 6.07. The van der Waals surface area contributed by atoms with Gasteiger partial charge in [0, 0.05) is 25.4 Å². The summed E-state index contributed by atoms with van der Waals surface area (Å²) in [6.07, 6.45) is 3.21. The van der Waals surface area contributed by atoms with Crippen molar-refractivity contribution in [3.63, 3.8) is 0 Å². The molecule has 1 atom stereocenters. The molecular weight excluding hydrogens is 296 g/mol. The van der Waals surface area contributed by atoms with Crippen molar-refractivity contribution < 1.29 is 8.42 Å². The molecule has 0 amide bonds. The molecule has 0 bridgehead atoms. The van der Waals surface area contributed by atoms with E-state index in [0.29, 0.717) is 11.8 Å². The van der Waals surface area contributed by atoms with E-state index in [1.54, 1.807) is 0 Å². The Hall–Kier alpha value is -0.910. The lowest BCUT2D eigenvalue weighted by Gasteiger charge is -2.29. The van der Waals surface area contributed by atoms with E-state index in [1.807, 2.05) is 0 Å². The van der Waals surface area contributed by atoms with Crippen LogP contribution in [-0.2, 0) is 16.4 Å². The van der Waals surface area contributed by atoms with Gasteiger partial charge in [0.15, 0.2) is 0 Å². The minimum absolute atomic E-state index is 0.296. The normalized spacial score (nSPS) is 21.6. The van der Waals surface area contributed by atoms with Crippen LogP contribution in [0.5, 0.6) is 0 Å². The molecule has 0 saturated carbocycles. The summed E-state index contributed by atoms with van der Waals surface area (Å²) in [6, 6.07) is 11.1. The summed E-state index contributed by atoms with van der Waals surface area (Å²) in [7, 11) is -2.84. The first-order chi connectivity index (χ1) is 10.4. The highest BCUT2D eigenvalue weighted by atomic mass is 32.2. The molecule has 5 heteroatoms. The summed E-state index contributed by atoms with van der Waals surface area (Å²) in [5, 5.41) is 0. The third-order valence-electron chi connectivity index (χ3n) is 4.27. The Bertz CT molecular complexity index is 545. The fraction of sp³-hybridized carbons (Fsp3) is 0.647. The lowest BCUT2D eigenvalue weighted by molar-refractivity contribution is 0.188. The maximum Gasteiger partial charge on any atom is 0.147 e. The Morgan fingerprint density at radius 1 is 1.18 bits per heavy atom. The van der Waals surface area contributed by atoms with Crippen molar-refractivity contribution >= 4 is 9.84 Å². The molecule has 2 rings (SSSR count). The summed E-state index contributed by atoms with van der Waals surface area (Å²) in [6.45, 7) is 7.37. The third-order valence-corrected chi connectivity index (χ3v) is 5.31. The van der Waals surface area contributed by atoms with Gasteiger partial charge in [0.1, 0.15) is 9.84 Å². The Morgan fingerprint density at radius 3 is 2.59 bits per heavy atom. The molecule has 22 heavy (non-hydrogen) atoms. The van der Waals surface area contributed by atoms with E-state index < -0.39 is 9.84 Å². The van der Waals surface area contributed by atoms with Gasteiger partial charge in [0.2, 0.25) is 0 Å². The van der Waals surface area contributed by atoms with Gasteiger partial charge >= 0.3 is 0 Å². The van der Waals surface area contributed by atoms with Crippen LogP contribution in [-0.4, -0.2) is 62.4 Å². The molecule has 0 N–H and O–H groups in total. The van der Waals surface area contributed by atoms with Gasteiger partial charge in [-0.15, -0.1) is 0 Å². The lowest BCUT2D eigenvalue weighted by atomic mass is 10.2. The Morgan fingerprint density at radius 2 is 1.91 bits per heavy atom. The molecule has 0 aromatic heterocycles. The van der Waals surface area contributed by atoms with E-state index in [9.17, 15) is 8.42 Å². The monoisotopic (exact) mass is 324 g/mol. The van der Waals surface area contributed by atoms with Crippen LogP contribution >= 0.6 is 0 Å². The van der Waals surface area contributed by atoms with Gasteiger partial charge in [-0.1, -0.05) is 30.3 Å². The second-order valence-corrected chi connectivity index (χ2v) is 8.70. The molecule has 1 heterocycles. The molecule has 1 aliphatic heterocycles. The zero-order valence-electron chi connectivity index (χ0n) is 13.7. The van der Waals surface area contributed by atoms with Crippen LogP contribution in [0.3, 0.4) is 0 Å². The largest absolute Gasteiger partial charge is 0.299 e. The molecule has 1 aromatic carbocycles. The van der Waals surface area contributed by atoms with Crippen LogP contribution in [0.1, 0.15) is 25.3 Å². The Labute approximate surface area is 135 Å². The second-order valence-electron chi connectivity index (χ2n) is 6.44. The minimum atomic E-state index is -2.84. The van der Waals surface area contributed by atoms with Crippen molar-refractivity contribution in [1.29, 1.82) is 0 Å². The van der Waals surface area contributed by atoms with Crippen molar-refractivity contribution in [2.45, 2.75) is 32.4 Å². The smallest absolute Gasteiger partial charge is 0.147 e. The van der Waals surface area contributed by atoms with Crippen LogP contribution in [0.4, 0.5) is 0 Å². The summed E-state index contributed by atoms with van der Waals surface area (Å²) >= 11 is 0. The molecular formula is C17H28N2O2S. The van der Waals surface area contributed by atoms with Crippen molar-refractivity contribution in [3.05, 3.63) is 35.9 Å². The van der Waals surface area contributed by atoms with E-state index in [0.717, 1.165) is 45.6 Å². The molecule has 0 radical (unpaired) electrons. The summed E-state index contributed by atoms with van der Waals surface area (Å²) < 4.78 is 22.5. The molecule has 124 valence electrons. The van der Waals surface area contributed by atoms with Gasteiger partial charge < -0.3 is 0 Å². The van der Waals surface area contributed by atoms with Gasteiger partial charge in [-0.3, -0.25) is 9.80 Å². The number of sulfone groups is 1. The molecule has 4 nitrogen and oxygen atoms in total. The molecule has 1 saturated heterocycles. The molecule has 0 spiro atoms. The van der Waals surface area contributed by atoms with Crippen LogP contribution in [0.25, 0.3) is 0 Å². The van der Waals surface area contributed by atoms with E-state index in [-0.39, 0.29) is 0 Å². The van der Waals surface area contributed by atoms with E-state index in [4.69, 9.17) is 0 Å².